The number of amides is 1. The van der Waals surface area contributed by atoms with Crippen LogP contribution in [0.1, 0.15) is 24.5 Å². The summed E-state index contributed by atoms with van der Waals surface area (Å²) in [5, 5.41) is 2.70. The molecule has 0 atom stereocenters. The van der Waals surface area contributed by atoms with Crippen molar-refractivity contribution in [3.63, 3.8) is 0 Å². The monoisotopic (exact) mass is 346 g/mol. The molecule has 0 aliphatic heterocycles. The zero-order valence-corrected chi connectivity index (χ0v) is 14.0. The molecule has 0 spiro atoms. The van der Waals surface area contributed by atoms with Crippen LogP contribution in [0.4, 0.5) is 5.82 Å². The molecule has 6 nitrogen and oxygen atoms in total. The molecule has 0 bridgehead atoms. The third kappa shape index (κ3) is 4.32. The predicted molar refractivity (Wildman–Crippen MR) is 89.9 cm³/mol. The molecule has 1 amide bonds. The summed E-state index contributed by atoms with van der Waals surface area (Å²) in [6.45, 7) is -0.173. The molecule has 3 rings (SSSR count). The normalized spacial score (nSPS) is 14.2. The molecule has 2 aromatic rings. The van der Waals surface area contributed by atoms with E-state index in [0.29, 0.717) is 17.5 Å². The Balaban J connectivity index is 1.54. The Labute approximate surface area is 140 Å². The summed E-state index contributed by atoms with van der Waals surface area (Å²) < 4.78 is 28.1. The molecule has 1 N–H and O–H groups in total. The topological polar surface area (TPSA) is 85.4 Å². The van der Waals surface area contributed by atoms with Crippen LogP contribution < -0.4 is 10.1 Å². The van der Waals surface area contributed by atoms with Crippen molar-refractivity contribution in [2.45, 2.75) is 23.7 Å². The number of hydrogen-bond donors (Lipinski definition) is 1. The maximum atomic E-state index is 11.9. The summed E-state index contributed by atoms with van der Waals surface area (Å²) in [7, 11) is -3.24. The lowest BCUT2D eigenvalue weighted by molar-refractivity contribution is -0.118. The molecule has 24 heavy (non-hydrogen) atoms. The number of carbonyl (C=O) groups is 1. The van der Waals surface area contributed by atoms with Crippen LogP contribution in [0, 0.1) is 0 Å². The van der Waals surface area contributed by atoms with Crippen LogP contribution in [0.3, 0.4) is 0 Å². The fraction of sp³-hybridized carbons (Fsp3) is 0.294. The SMILES string of the molecule is CS(=O)(=O)c1ccc(OCC(=O)Nc2cccc(C3CC3)n2)cc1. The first-order chi connectivity index (χ1) is 11.4. The summed E-state index contributed by atoms with van der Waals surface area (Å²) >= 11 is 0. The average Bonchev–Trinajstić information content (AvgIpc) is 3.38. The summed E-state index contributed by atoms with van der Waals surface area (Å²) in [4.78, 5) is 16.6. The van der Waals surface area contributed by atoms with E-state index in [1.807, 2.05) is 12.1 Å². The number of carbonyl (C=O) groups excluding carboxylic acids is 1. The number of aromatic nitrogens is 1. The van der Waals surface area contributed by atoms with Crippen molar-refractivity contribution in [2.24, 2.45) is 0 Å². The number of ether oxygens (including phenoxy) is 1. The van der Waals surface area contributed by atoms with Gasteiger partial charge in [-0.2, -0.15) is 0 Å². The number of pyridine rings is 1. The molecule has 0 radical (unpaired) electrons. The second kappa shape index (κ2) is 6.60. The highest BCUT2D eigenvalue weighted by molar-refractivity contribution is 7.90. The van der Waals surface area contributed by atoms with Gasteiger partial charge in [-0.1, -0.05) is 6.07 Å². The van der Waals surface area contributed by atoms with Crippen LogP contribution in [-0.2, 0) is 14.6 Å². The van der Waals surface area contributed by atoms with Crippen molar-refractivity contribution in [3.8, 4) is 5.75 Å². The van der Waals surface area contributed by atoms with E-state index in [2.05, 4.69) is 10.3 Å². The summed E-state index contributed by atoms with van der Waals surface area (Å²) in [6, 6.07) is 11.5. The van der Waals surface area contributed by atoms with Crippen LogP contribution in [0.15, 0.2) is 47.4 Å². The molecule has 1 aromatic carbocycles. The first-order valence-corrected chi connectivity index (χ1v) is 9.51. The average molecular weight is 346 g/mol. The molecule has 1 heterocycles. The molecule has 1 aromatic heterocycles. The minimum atomic E-state index is -3.24. The van der Waals surface area contributed by atoms with Gasteiger partial charge >= 0.3 is 0 Å². The van der Waals surface area contributed by atoms with Crippen LogP contribution in [-0.4, -0.2) is 32.2 Å². The molecule has 126 valence electrons. The number of rotatable bonds is 6. The van der Waals surface area contributed by atoms with E-state index in [1.165, 1.54) is 24.3 Å². The van der Waals surface area contributed by atoms with Crippen molar-refractivity contribution in [1.82, 2.24) is 4.98 Å². The maximum absolute atomic E-state index is 11.9. The first kappa shape index (κ1) is 16.4. The molecule has 0 unspecified atom stereocenters. The highest BCUT2D eigenvalue weighted by Gasteiger charge is 2.25. The van der Waals surface area contributed by atoms with E-state index in [1.54, 1.807) is 6.07 Å². The van der Waals surface area contributed by atoms with Crippen molar-refractivity contribution in [3.05, 3.63) is 48.2 Å². The van der Waals surface area contributed by atoms with Gasteiger partial charge in [-0.3, -0.25) is 4.79 Å². The molecule has 1 aliphatic rings. The van der Waals surface area contributed by atoms with Crippen LogP contribution in [0.2, 0.25) is 0 Å². The predicted octanol–water partition coefficient (Wildman–Crippen LogP) is 2.38. The van der Waals surface area contributed by atoms with E-state index < -0.39 is 9.84 Å². The molecule has 1 saturated carbocycles. The number of hydrogen-bond acceptors (Lipinski definition) is 5. The molecule has 7 heteroatoms. The van der Waals surface area contributed by atoms with Gasteiger partial charge in [0.2, 0.25) is 0 Å². The molecular weight excluding hydrogens is 328 g/mol. The second-order valence-corrected chi connectivity index (χ2v) is 7.82. The highest BCUT2D eigenvalue weighted by atomic mass is 32.2. The van der Waals surface area contributed by atoms with Crippen LogP contribution >= 0.6 is 0 Å². The molecule has 0 saturated heterocycles. The number of nitrogens with one attached hydrogen (secondary N) is 1. The van der Waals surface area contributed by atoms with Crippen molar-refractivity contribution >= 4 is 21.6 Å². The smallest absolute Gasteiger partial charge is 0.263 e. The standard InChI is InChI=1S/C17H18N2O4S/c1-24(21,22)14-9-7-13(8-10-14)23-11-17(20)19-16-4-2-3-15(18-16)12-5-6-12/h2-4,7-10,12H,5-6,11H2,1H3,(H,18,19,20). The fourth-order valence-electron chi connectivity index (χ4n) is 2.24. The van der Waals surface area contributed by atoms with Gasteiger partial charge < -0.3 is 10.1 Å². The van der Waals surface area contributed by atoms with Gasteiger partial charge in [0, 0.05) is 17.9 Å². The minimum absolute atomic E-state index is 0.173. The van der Waals surface area contributed by atoms with E-state index in [4.69, 9.17) is 4.74 Å². The van der Waals surface area contributed by atoms with Gasteiger partial charge in [0.15, 0.2) is 16.4 Å². The Morgan fingerprint density at radius 2 is 1.92 bits per heavy atom. The van der Waals surface area contributed by atoms with Crippen LogP contribution in [0.5, 0.6) is 5.75 Å². The number of nitrogens with zero attached hydrogens (tertiary/aromatic N) is 1. The lowest BCUT2D eigenvalue weighted by atomic mass is 10.2. The second-order valence-electron chi connectivity index (χ2n) is 5.80. The third-order valence-corrected chi connectivity index (χ3v) is 4.78. The Morgan fingerprint density at radius 1 is 1.21 bits per heavy atom. The van der Waals surface area contributed by atoms with Gasteiger partial charge in [-0.15, -0.1) is 0 Å². The van der Waals surface area contributed by atoms with Gasteiger partial charge in [-0.05, 0) is 49.2 Å². The Hall–Kier alpha value is -2.41. The summed E-state index contributed by atoms with van der Waals surface area (Å²) in [5.74, 6) is 1.15. The Morgan fingerprint density at radius 3 is 2.54 bits per heavy atom. The van der Waals surface area contributed by atoms with Gasteiger partial charge in [-0.25, -0.2) is 13.4 Å². The van der Waals surface area contributed by atoms with Crippen LogP contribution in [0.25, 0.3) is 0 Å². The maximum Gasteiger partial charge on any atom is 0.263 e. The van der Waals surface area contributed by atoms with E-state index in [9.17, 15) is 13.2 Å². The Kier molecular flexibility index (Phi) is 4.53. The molecule has 1 fully saturated rings. The lowest BCUT2D eigenvalue weighted by Gasteiger charge is -2.08. The zero-order valence-electron chi connectivity index (χ0n) is 13.2. The number of anilines is 1. The van der Waals surface area contributed by atoms with Gasteiger partial charge in [0.25, 0.3) is 5.91 Å². The number of sulfone groups is 1. The third-order valence-electron chi connectivity index (χ3n) is 3.66. The van der Waals surface area contributed by atoms with E-state index in [-0.39, 0.29) is 17.4 Å². The van der Waals surface area contributed by atoms with Crippen molar-refractivity contribution in [1.29, 1.82) is 0 Å². The first-order valence-electron chi connectivity index (χ1n) is 7.61. The highest BCUT2D eigenvalue weighted by Crippen LogP contribution is 2.39. The minimum Gasteiger partial charge on any atom is -0.484 e. The number of benzene rings is 1. The summed E-state index contributed by atoms with van der Waals surface area (Å²) in [5.41, 5.74) is 1.00. The van der Waals surface area contributed by atoms with Gasteiger partial charge in [0.1, 0.15) is 11.6 Å². The summed E-state index contributed by atoms with van der Waals surface area (Å²) in [6.07, 6.45) is 3.44. The van der Waals surface area contributed by atoms with Gasteiger partial charge in [0.05, 0.1) is 4.90 Å². The quantitative estimate of drug-likeness (QED) is 0.868. The van der Waals surface area contributed by atoms with E-state index in [0.717, 1.165) is 24.8 Å². The molecule has 1 aliphatic carbocycles. The molecular formula is C17H18N2O4S. The van der Waals surface area contributed by atoms with E-state index >= 15 is 0 Å². The zero-order chi connectivity index (χ0) is 17.2. The largest absolute Gasteiger partial charge is 0.484 e. The van der Waals surface area contributed by atoms with Crippen molar-refractivity contribution in [2.75, 3.05) is 18.2 Å². The Bertz CT molecular complexity index is 843. The fourth-order valence-corrected chi connectivity index (χ4v) is 2.87. The lowest BCUT2D eigenvalue weighted by Crippen LogP contribution is -2.21. The van der Waals surface area contributed by atoms with Crippen molar-refractivity contribution < 1.29 is 17.9 Å².